The fourth-order valence-corrected chi connectivity index (χ4v) is 1.31. The highest BCUT2D eigenvalue weighted by atomic mass is 16.5. The minimum absolute atomic E-state index is 0.153. The van der Waals surface area contributed by atoms with Gasteiger partial charge in [0.1, 0.15) is 0 Å². The van der Waals surface area contributed by atoms with E-state index in [1.807, 2.05) is 0 Å². The molecule has 0 aromatic rings. The molecule has 0 aliphatic carbocycles. The highest BCUT2D eigenvalue weighted by molar-refractivity contribution is 5.73. The molecule has 1 aliphatic heterocycles. The summed E-state index contributed by atoms with van der Waals surface area (Å²) in [5, 5.41) is 0. The van der Waals surface area contributed by atoms with Gasteiger partial charge in [0.05, 0.1) is 26.2 Å². The van der Waals surface area contributed by atoms with E-state index in [0.717, 1.165) is 0 Å². The lowest BCUT2D eigenvalue weighted by Gasteiger charge is -2.31. The Balaban J connectivity index is 2.40. The Morgan fingerprint density at radius 3 is 2.93 bits per heavy atom. The van der Waals surface area contributed by atoms with E-state index in [4.69, 9.17) is 10.5 Å². The van der Waals surface area contributed by atoms with Gasteiger partial charge in [-0.2, -0.15) is 0 Å². The molecule has 2 amide bonds. The van der Waals surface area contributed by atoms with Crippen molar-refractivity contribution in [1.29, 1.82) is 0 Å². The third kappa shape index (κ3) is 2.88. The molecule has 0 aromatic carbocycles. The largest absolute Gasteiger partial charge is 0.469 e. The van der Waals surface area contributed by atoms with Gasteiger partial charge >= 0.3 is 12.0 Å². The number of carbonyl (C=O) groups is 2. The van der Waals surface area contributed by atoms with Crippen LogP contribution < -0.4 is 5.73 Å². The van der Waals surface area contributed by atoms with Crippen molar-refractivity contribution in [2.45, 2.75) is 12.5 Å². The third-order valence-corrected chi connectivity index (χ3v) is 2.07. The lowest BCUT2D eigenvalue weighted by atomic mass is 10.2. The molecule has 1 unspecified atom stereocenters. The lowest BCUT2D eigenvalue weighted by Crippen LogP contribution is -2.48. The van der Waals surface area contributed by atoms with Crippen LogP contribution >= 0.6 is 0 Å². The Labute approximate surface area is 81.9 Å². The van der Waals surface area contributed by atoms with E-state index in [1.54, 1.807) is 0 Å². The minimum Gasteiger partial charge on any atom is -0.469 e. The second-order valence-corrected chi connectivity index (χ2v) is 3.06. The molecule has 0 saturated carbocycles. The molecule has 1 fully saturated rings. The van der Waals surface area contributed by atoms with Crippen LogP contribution in [0.25, 0.3) is 0 Å². The predicted octanol–water partition coefficient (Wildman–Crippen LogP) is -0.671. The molecule has 0 aromatic heterocycles. The van der Waals surface area contributed by atoms with E-state index < -0.39 is 6.03 Å². The number of urea groups is 1. The zero-order valence-corrected chi connectivity index (χ0v) is 8.06. The molecule has 0 bridgehead atoms. The smallest absolute Gasteiger partial charge is 0.314 e. The second-order valence-electron chi connectivity index (χ2n) is 3.06. The number of primary amides is 1. The third-order valence-electron chi connectivity index (χ3n) is 2.07. The first-order valence-electron chi connectivity index (χ1n) is 4.36. The van der Waals surface area contributed by atoms with Crippen molar-refractivity contribution in [3.05, 3.63) is 0 Å². The molecule has 0 radical (unpaired) electrons. The van der Waals surface area contributed by atoms with Crippen LogP contribution in [-0.2, 0) is 14.3 Å². The van der Waals surface area contributed by atoms with Crippen molar-refractivity contribution >= 4 is 12.0 Å². The fraction of sp³-hybridized carbons (Fsp3) is 0.750. The Morgan fingerprint density at radius 1 is 1.64 bits per heavy atom. The molecule has 14 heavy (non-hydrogen) atoms. The van der Waals surface area contributed by atoms with Gasteiger partial charge in [-0.05, 0) is 0 Å². The van der Waals surface area contributed by atoms with Gasteiger partial charge in [-0.1, -0.05) is 0 Å². The molecule has 6 heteroatoms. The van der Waals surface area contributed by atoms with Crippen molar-refractivity contribution in [1.82, 2.24) is 4.90 Å². The maximum Gasteiger partial charge on any atom is 0.314 e. The summed E-state index contributed by atoms with van der Waals surface area (Å²) in [5.74, 6) is -0.346. The lowest BCUT2D eigenvalue weighted by molar-refractivity contribution is -0.145. The van der Waals surface area contributed by atoms with Crippen LogP contribution in [0.1, 0.15) is 6.42 Å². The van der Waals surface area contributed by atoms with E-state index in [9.17, 15) is 9.59 Å². The van der Waals surface area contributed by atoms with Gasteiger partial charge in [-0.3, -0.25) is 4.79 Å². The van der Waals surface area contributed by atoms with Crippen molar-refractivity contribution in [2.24, 2.45) is 5.73 Å². The fourth-order valence-electron chi connectivity index (χ4n) is 1.31. The van der Waals surface area contributed by atoms with Crippen LogP contribution in [0.2, 0.25) is 0 Å². The average Bonchev–Trinajstić information content (AvgIpc) is 2.18. The molecule has 2 N–H and O–H groups in total. The number of ether oxygens (including phenoxy) is 2. The quantitative estimate of drug-likeness (QED) is 0.602. The zero-order chi connectivity index (χ0) is 10.6. The molecule has 0 spiro atoms. The molecule has 1 rings (SSSR count). The highest BCUT2D eigenvalue weighted by Crippen LogP contribution is 2.08. The van der Waals surface area contributed by atoms with Crippen molar-refractivity contribution in [2.75, 3.05) is 26.8 Å². The van der Waals surface area contributed by atoms with Gasteiger partial charge in [0.2, 0.25) is 0 Å². The summed E-state index contributed by atoms with van der Waals surface area (Å²) in [6, 6.07) is -0.483. The summed E-state index contributed by atoms with van der Waals surface area (Å²) in [7, 11) is 1.32. The number of morpholine rings is 1. The van der Waals surface area contributed by atoms with Crippen molar-refractivity contribution < 1.29 is 19.1 Å². The molecule has 1 atom stereocenters. The zero-order valence-electron chi connectivity index (χ0n) is 8.06. The molecule has 1 aliphatic rings. The van der Waals surface area contributed by atoms with E-state index in [2.05, 4.69) is 4.74 Å². The van der Waals surface area contributed by atoms with Gasteiger partial charge in [0.25, 0.3) is 0 Å². The summed E-state index contributed by atoms with van der Waals surface area (Å²) in [5.41, 5.74) is 5.11. The van der Waals surface area contributed by atoms with Crippen LogP contribution in [0.15, 0.2) is 0 Å². The highest BCUT2D eigenvalue weighted by Gasteiger charge is 2.24. The number of carbonyl (C=O) groups excluding carboxylic acids is 2. The maximum atomic E-state index is 10.9. The summed E-state index contributed by atoms with van der Waals surface area (Å²) < 4.78 is 9.78. The number of methoxy groups -OCH3 is 1. The summed E-state index contributed by atoms with van der Waals surface area (Å²) in [6.45, 7) is 1.24. The average molecular weight is 202 g/mol. The molecular formula is C8H14N2O4. The van der Waals surface area contributed by atoms with Gasteiger partial charge in [0, 0.05) is 13.1 Å². The monoisotopic (exact) mass is 202 g/mol. The van der Waals surface area contributed by atoms with E-state index in [1.165, 1.54) is 12.0 Å². The molecular weight excluding hydrogens is 188 g/mol. The van der Waals surface area contributed by atoms with E-state index in [-0.39, 0.29) is 18.5 Å². The first-order chi connectivity index (χ1) is 6.63. The Morgan fingerprint density at radius 2 is 2.36 bits per heavy atom. The van der Waals surface area contributed by atoms with Gasteiger partial charge in [0.15, 0.2) is 0 Å². The SMILES string of the molecule is COC(=O)CC1CN(C(N)=O)CCO1. The van der Waals surface area contributed by atoms with Crippen LogP contribution in [-0.4, -0.2) is 49.8 Å². The number of amides is 2. The molecule has 6 nitrogen and oxygen atoms in total. The first kappa shape index (κ1) is 10.8. The van der Waals surface area contributed by atoms with Crippen LogP contribution in [0.4, 0.5) is 4.79 Å². The van der Waals surface area contributed by atoms with E-state index >= 15 is 0 Å². The minimum atomic E-state index is -0.483. The summed E-state index contributed by atoms with van der Waals surface area (Å²) >= 11 is 0. The maximum absolute atomic E-state index is 10.9. The summed E-state index contributed by atoms with van der Waals surface area (Å²) in [6.07, 6.45) is -0.149. The van der Waals surface area contributed by atoms with Crippen LogP contribution in [0.3, 0.4) is 0 Å². The molecule has 1 heterocycles. The van der Waals surface area contributed by atoms with Gasteiger partial charge in [-0.15, -0.1) is 0 Å². The first-order valence-corrected chi connectivity index (χ1v) is 4.36. The van der Waals surface area contributed by atoms with Crippen LogP contribution in [0.5, 0.6) is 0 Å². The van der Waals surface area contributed by atoms with Gasteiger partial charge in [-0.25, -0.2) is 4.79 Å². The normalized spacial score (nSPS) is 21.8. The number of hydrogen-bond acceptors (Lipinski definition) is 4. The Hall–Kier alpha value is -1.30. The topological polar surface area (TPSA) is 81.9 Å². The number of nitrogens with zero attached hydrogens (tertiary/aromatic N) is 1. The standard InChI is InChI=1S/C8H14N2O4/c1-13-7(11)4-6-5-10(8(9)12)2-3-14-6/h6H,2-5H2,1H3,(H2,9,12). The Bertz CT molecular complexity index is 231. The summed E-state index contributed by atoms with van der Waals surface area (Å²) in [4.78, 5) is 23.2. The van der Waals surface area contributed by atoms with Crippen molar-refractivity contribution in [3.63, 3.8) is 0 Å². The Kier molecular flexibility index (Phi) is 3.70. The molecule has 80 valence electrons. The number of esters is 1. The number of rotatable bonds is 2. The van der Waals surface area contributed by atoms with E-state index in [0.29, 0.717) is 19.7 Å². The number of hydrogen-bond donors (Lipinski definition) is 1. The predicted molar refractivity (Wildman–Crippen MR) is 47.5 cm³/mol. The van der Waals surface area contributed by atoms with Crippen molar-refractivity contribution in [3.8, 4) is 0 Å². The molecule has 1 saturated heterocycles. The van der Waals surface area contributed by atoms with Crippen LogP contribution in [0, 0.1) is 0 Å². The second kappa shape index (κ2) is 4.80. The number of nitrogens with two attached hydrogens (primary N) is 1. The van der Waals surface area contributed by atoms with Gasteiger partial charge < -0.3 is 20.1 Å².